The molecule has 1 aliphatic heterocycles. The van der Waals surface area contributed by atoms with E-state index in [2.05, 4.69) is 11.2 Å². The maximum atomic E-state index is 12.4. The predicted octanol–water partition coefficient (Wildman–Crippen LogP) is 2.26. The Morgan fingerprint density at radius 1 is 1.43 bits per heavy atom. The summed E-state index contributed by atoms with van der Waals surface area (Å²) in [4.78, 5) is 25.0. The van der Waals surface area contributed by atoms with Gasteiger partial charge in [-0.15, -0.1) is 6.42 Å². The fraction of sp³-hybridized carbons (Fsp3) is 0.375. The van der Waals surface area contributed by atoms with Gasteiger partial charge in [-0.1, -0.05) is 5.92 Å². The molecule has 0 radical (unpaired) electrons. The lowest BCUT2D eigenvalue weighted by Crippen LogP contribution is -2.50. The minimum Gasteiger partial charge on any atom is -0.478 e. The molecule has 0 saturated carbocycles. The summed E-state index contributed by atoms with van der Waals surface area (Å²) in [6.45, 7) is 4.10. The van der Waals surface area contributed by atoms with Crippen LogP contribution < -0.4 is 10.2 Å². The molecule has 0 fully saturated rings. The van der Waals surface area contributed by atoms with Crippen LogP contribution in [0.15, 0.2) is 18.2 Å². The third-order valence-electron chi connectivity index (χ3n) is 3.47. The van der Waals surface area contributed by atoms with E-state index in [1.165, 1.54) is 6.07 Å². The van der Waals surface area contributed by atoms with Crippen LogP contribution in [0, 0.1) is 12.3 Å². The summed E-state index contributed by atoms with van der Waals surface area (Å²) in [5, 5.41) is 11.8. The Morgan fingerprint density at radius 2 is 2.14 bits per heavy atom. The molecule has 5 nitrogen and oxygen atoms in total. The lowest BCUT2D eigenvalue weighted by Gasteiger charge is -2.32. The summed E-state index contributed by atoms with van der Waals surface area (Å²) in [7, 11) is 0. The molecule has 2 N–H and O–H groups in total. The van der Waals surface area contributed by atoms with Gasteiger partial charge in [0.15, 0.2) is 0 Å². The van der Waals surface area contributed by atoms with E-state index in [0.29, 0.717) is 6.54 Å². The number of carbonyl (C=O) groups excluding carboxylic acids is 1. The van der Waals surface area contributed by atoms with Crippen molar-refractivity contribution >= 4 is 17.7 Å². The molecule has 0 aromatic heterocycles. The number of rotatable bonds is 2. The number of hydrogen-bond acceptors (Lipinski definition) is 2. The maximum absolute atomic E-state index is 12.4. The van der Waals surface area contributed by atoms with Crippen molar-refractivity contribution in [1.82, 2.24) is 5.32 Å². The lowest BCUT2D eigenvalue weighted by molar-refractivity contribution is 0.0696. The van der Waals surface area contributed by atoms with Crippen molar-refractivity contribution in [3.63, 3.8) is 0 Å². The Kier molecular flexibility index (Phi) is 3.90. The first-order valence-electron chi connectivity index (χ1n) is 6.78. The number of nitrogens with one attached hydrogen (secondary N) is 1. The first-order chi connectivity index (χ1) is 9.84. The van der Waals surface area contributed by atoms with Gasteiger partial charge in [-0.25, -0.2) is 9.59 Å². The Hall–Kier alpha value is -2.48. The zero-order valence-electron chi connectivity index (χ0n) is 12.1. The first-order valence-corrected chi connectivity index (χ1v) is 6.78. The topological polar surface area (TPSA) is 69.6 Å². The van der Waals surface area contributed by atoms with Crippen molar-refractivity contribution in [2.45, 2.75) is 32.2 Å². The third-order valence-corrected chi connectivity index (χ3v) is 3.47. The highest BCUT2D eigenvalue weighted by Gasteiger charge is 2.26. The number of anilines is 1. The molecule has 0 aliphatic carbocycles. The van der Waals surface area contributed by atoms with E-state index in [-0.39, 0.29) is 11.6 Å². The van der Waals surface area contributed by atoms with Crippen LogP contribution in [0.2, 0.25) is 0 Å². The van der Waals surface area contributed by atoms with Crippen molar-refractivity contribution in [3.05, 3.63) is 29.3 Å². The number of hydrogen-bond donors (Lipinski definition) is 2. The van der Waals surface area contributed by atoms with E-state index in [4.69, 9.17) is 11.5 Å². The minimum atomic E-state index is -0.965. The molecule has 2 rings (SSSR count). The van der Waals surface area contributed by atoms with Gasteiger partial charge in [-0.2, -0.15) is 0 Å². The van der Waals surface area contributed by atoms with Crippen molar-refractivity contribution in [2.24, 2.45) is 0 Å². The van der Waals surface area contributed by atoms with Gasteiger partial charge in [0.2, 0.25) is 0 Å². The smallest absolute Gasteiger partial charge is 0.335 e. The molecule has 2 amide bonds. The second kappa shape index (κ2) is 5.49. The largest absolute Gasteiger partial charge is 0.478 e. The lowest BCUT2D eigenvalue weighted by atomic mass is 9.99. The van der Waals surface area contributed by atoms with Crippen molar-refractivity contribution in [2.75, 3.05) is 11.4 Å². The molecule has 5 heteroatoms. The molecule has 0 spiro atoms. The molecule has 1 aromatic carbocycles. The quantitative estimate of drug-likeness (QED) is 0.819. The number of carbonyl (C=O) groups is 2. The molecule has 1 aliphatic rings. The fourth-order valence-corrected chi connectivity index (χ4v) is 2.31. The molecule has 1 aromatic rings. The zero-order chi connectivity index (χ0) is 15.6. The number of urea groups is 1. The molecule has 110 valence electrons. The number of nitrogens with zero attached hydrogens (tertiary/aromatic N) is 1. The summed E-state index contributed by atoms with van der Waals surface area (Å²) >= 11 is 0. The second-order valence-corrected chi connectivity index (χ2v) is 5.60. The van der Waals surface area contributed by atoms with Crippen LogP contribution in [-0.4, -0.2) is 29.2 Å². The van der Waals surface area contributed by atoms with Crippen LogP contribution in [0.3, 0.4) is 0 Å². The molecular formula is C16H18N2O3. The summed E-state index contributed by atoms with van der Waals surface area (Å²) in [6.07, 6.45) is 6.94. The van der Waals surface area contributed by atoms with Gasteiger partial charge in [0.05, 0.1) is 11.1 Å². The number of terminal acetylenes is 1. The third kappa shape index (κ3) is 3.16. The van der Waals surface area contributed by atoms with E-state index in [0.717, 1.165) is 24.1 Å². The Balaban J connectivity index is 2.28. The fourth-order valence-electron chi connectivity index (χ4n) is 2.31. The Morgan fingerprint density at radius 3 is 2.76 bits per heavy atom. The summed E-state index contributed by atoms with van der Waals surface area (Å²) in [5.41, 5.74) is 1.13. The molecule has 0 bridgehead atoms. The number of fused-ring (bicyclic) bond motifs is 1. The van der Waals surface area contributed by atoms with Gasteiger partial charge in [-0.3, -0.25) is 4.90 Å². The predicted molar refractivity (Wildman–Crippen MR) is 80.5 cm³/mol. The monoisotopic (exact) mass is 286 g/mol. The van der Waals surface area contributed by atoms with E-state index >= 15 is 0 Å². The highest BCUT2D eigenvalue weighted by Crippen LogP contribution is 2.28. The Bertz CT molecular complexity index is 629. The molecule has 21 heavy (non-hydrogen) atoms. The van der Waals surface area contributed by atoms with Crippen LogP contribution in [-0.2, 0) is 6.42 Å². The number of carboxylic acids is 1. The minimum absolute atomic E-state index is 0.236. The van der Waals surface area contributed by atoms with Gasteiger partial charge < -0.3 is 10.4 Å². The second-order valence-electron chi connectivity index (χ2n) is 5.60. The molecule has 1 heterocycles. The molecule has 0 atom stereocenters. The number of amides is 2. The van der Waals surface area contributed by atoms with Gasteiger partial charge in [0.1, 0.15) is 0 Å². The van der Waals surface area contributed by atoms with Gasteiger partial charge in [0.25, 0.3) is 0 Å². The Labute approximate surface area is 124 Å². The van der Waals surface area contributed by atoms with Crippen molar-refractivity contribution < 1.29 is 14.7 Å². The highest BCUT2D eigenvalue weighted by atomic mass is 16.4. The van der Waals surface area contributed by atoms with Gasteiger partial charge >= 0.3 is 12.0 Å². The summed E-state index contributed by atoms with van der Waals surface area (Å²) in [5.74, 6) is 1.56. The SMILES string of the molecule is C#CC(C)(C)NC(=O)N1CCCc2cc(C(=O)O)ccc21. The van der Waals surface area contributed by atoms with Crippen LogP contribution in [0.4, 0.5) is 10.5 Å². The number of aromatic carboxylic acids is 1. The molecular weight excluding hydrogens is 268 g/mol. The van der Waals surface area contributed by atoms with E-state index in [1.54, 1.807) is 30.9 Å². The van der Waals surface area contributed by atoms with Gasteiger partial charge in [-0.05, 0) is 50.5 Å². The van der Waals surface area contributed by atoms with Crippen LogP contribution in [0.25, 0.3) is 0 Å². The summed E-state index contributed by atoms with van der Waals surface area (Å²) in [6, 6.07) is 4.56. The average molecular weight is 286 g/mol. The maximum Gasteiger partial charge on any atom is 0.335 e. The van der Waals surface area contributed by atoms with Crippen LogP contribution >= 0.6 is 0 Å². The highest BCUT2D eigenvalue weighted by molar-refractivity contribution is 5.95. The number of aryl methyl sites for hydroxylation is 1. The average Bonchev–Trinajstić information content (AvgIpc) is 2.45. The van der Waals surface area contributed by atoms with E-state index in [1.807, 2.05) is 0 Å². The van der Waals surface area contributed by atoms with Crippen LogP contribution in [0.5, 0.6) is 0 Å². The summed E-state index contributed by atoms with van der Waals surface area (Å²) < 4.78 is 0. The molecule has 0 unspecified atom stereocenters. The normalized spacial score (nSPS) is 14.0. The van der Waals surface area contributed by atoms with E-state index < -0.39 is 11.5 Å². The number of benzene rings is 1. The van der Waals surface area contributed by atoms with Crippen LogP contribution in [0.1, 0.15) is 36.2 Å². The first kappa shape index (κ1) is 14.9. The van der Waals surface area contributed by atoms with Gasteiger partial charge in [0, 0.05) is 12.2 Å². The van der Waals surface area contributed by atoms with E-state index in [9.17, 15) is 9.59 Å². The van der Waals surface area contributed by atoms with Crippen molar-refractivity contribution in [1.29, 1.82) is 0 Å². The zero-order valence-corrected chi connectivity index (χ0v) is 12.1. The number of carboxylic acid groups (broad SMARTS) is 1. The molecule has 0 saturated heterocycles. The standard InChI is InChI=1S/C16H18N2O3/c1-4-16(2,3)17-15(21)18-9-5-6-11-10-12(14(19)20)7-8-13(11)18/h1,7-8,10H,5-6,9H2,2-3H3,(H,17,21)(H,19,20). The van der Waals surface area contributed by atoms with Crippen molar-refractivity contribution in [3.8, 4) is 12.3 Å².